The summed E-state index contributed by atoms with van der Waals surface area (Å²) in [6.07, 6.45) is 0.832. The second-order valence-electron chi connectivity index (χ2n) is 7.69. The number of alkyl carbamates (subject to hydrolysis) is 1. The van der Waals surface area contributed by atoms with Crippen LogP contribution in [-0.4, -0.2) is 48.9 Å². The molecule has 0 spiro atoms. The first-order chi connectivity index (χ1) is 15.5. The van der Waals surface area contributed by atoms with Crippen molar-refractivity contribution in [2.24, 2.45) is 0 Å². The summed E-state index contributed by atoms with van der Waals surface area (Å²) in [6, 6.07) is 15.1. The van der Waals surface area contributed by atoms with Gasteiger partial charge in [0, 0.05) is 19.0 Å². The highest BCUT2D eigenvalue weighted by molar-refractivity contribution is 5.81. The Kier molecular flexibility index (Phi) is 8.08. The number of carbonyl (C=O) groups is 2. The van der Waals surface area contributed by atoms with Gasteiger partial charge in [-0.25, -0.2) is 9.59 Å². The lowest BCUT2D eigenvalue weighted by Crippen LogP contribution is -2.41. The number of hydrogen-bond donors (Lipinski definition) is 5. The number of carboxylic acids is 1. The van der Waals surface area contributed by atoms with E-state index in [0.717, 1.165) is 22.3 Å². The summed E-state index contributed by atoms with van der Waals surface area (Å²) in [5, 5.41) is 25.3. The van der Waals surface area contributed by atoms with Crippen LogP contribution in [0.4, 0.5) is 4.79 Å². The van der Waals surface area contributed by atoms with E-state index in [4.69, 9.17) is 10.1 Å². The Morgan fingerprint density at radius 1 is 1.03 bits per heavy atom. The van der Waals surface area contributed by atoms with E-state index >= 15 is 0 Å². The van der Waals surface area contributed by atoms with Gasteiger partial charge in [0.2, 0.25) is 0 Å². The van der Waals surface area contributed by atoms with Crippen LogP contribution in [0.25, 0.3) is 11.1 Å². The maximum Gasteiger partial charge on any atom is 0.407 e. The largest absolute Gasteiger partial charge is 0.480 e. The van der Waals surface area contributed by atoms with Crippen molar-refractivity contribution in [3.05, 3.63) is 59.7 Å². The number of guanidine groups is 1. The predicted octanol–water partition coefficient (Wildman–Crippen LogP) is 3.28. The number of amides is 1. The maximum absolute atomic E-state index is 12.3. The number of rotatable bonds is 10. The molecule has 0 heterocycles. The molecule has 0 fully saturated rings. The number of ether oxygens (including phenoxy) is 1. The molecular weight excluding hydrogens is 408 g/mol. The highest BCUT2D eigenvalue weighted by Gasteiger charge is 2.29. The van der Waals surface area contributed by atoms with Gasteiger partial charge in [-0.2, -0.15) is 0 Å². The Bertz CT molecular complexity index is 917. The number of carboxylic acid groups (broad SMARTS) is 1. The third-order valence-electron chi connectivity index (χ3n) is 5.51. The average molecular weight is 439 g/mol. The van der Waals surface area contributed by atoms with Crippen molar-refractivity contribution in [3.8, 4) is 11.1 Å². The first-order valence-electron chi connectivity index (χ1n) is 10.9. The van der Waals surface area contributed by atoms with E-state index in [1.54, 1.807) is 0 Å². The lowest BCUT2D eigenvalue weighted by molar-refractivity contribution is -0.139. The van der Waals surface area contributed by atoms with Crippen LogP contribution in [-0.2, 0) is 9.53 Å². The fraction of sp³-hybridized carbons (Fsp3) is 0.375. The van der Waals surface area contributed by atoms with Crippen molar-refractivity contribution in [1.82, 2.24) is 16.0 Å². The van der Waals surface area contributed by atoms with Crippen molar-refractivity contribution >= 4 is 18.0 Å². The zero-order chi connectivity index (χ0) is 22.9. The first kappa shape index (κ1) is 23.1. The fourth-order valence-corrected chi connectivity index (χ4v) is 3.97. The Morgan fingerprint density at radius 3 is 2.25 bits per heavy atom. The molecule has 3 rings (SSSR count). The number of unbranched alkanes of at least 4 members (excludes halogenated alkanes) is 1. The van der Waals surface area contributed by atoms with Crippen molar-refractivity contribution in [3.63, 3.8) is 0 Å². The van der Waals surface area contributed by atoms with Crippen molar-refractivity contribution < 1.29 is 19.4 Å². The SMILES string of the molecule is CCNC(=N)NCCCC[C@H](NC(=O)OCC1c2ccccc2-c2ccccc21)C(=O)O. The molecule has 0 saturated carbocycles. The topological polar surface area (TPSA) is 124 Å². The van der Waals surface area contributed by atoms with Gasteiger partial charge in [-0.15, -0.1) is 0 Å². The molecule has 0 unspecified atom stereocenters. The van der Waals surface area contributed by atoms with Gasteiger partial charge in [0.1, 0.15) is 12.6 Å². The molecule has 2 aromatic rings. The third kappa shape index (κ3) is 5.78. The minimum Gasteiger partial charge on any atom is -0.480 e. The van der Waals surface area contributed by atoms with E-state index in [1.807, 2.05) is 43.3 Å². The van der Waals surface area contributed by atoms with Gasteiger partial charge >= 0.3 is 12.1 Å². The standard InChI is InChI=1S/C24H30N4O4/c1-2-26-23(25)27-14-8-7-13-21(22(29)30)28-24(31)32-15-20-18-11-5-3-9-16(18)17-10-4-6-12-19(17)20/h3-6,9-12,20-21H,2,7-8,13-15H2,1H3,(H,28,31)(H,29,30)(H3,25,26,27)/t21-/m0/s1. The van der Waals surface area contributed by atoms with Crippen molar-refractivity contribution in [1.29, 1.82) is 5.41 Å². The Morgan fingerprint density at radius 2 is 1.66 bits per heavy atom. The number of nitrogens with one attached hydrogen (secondary N) is 4. The smallest absolute Gasteiger partial charge is 0.407 e. The van der Waals surface area contributed by atoms with Crippen LogP contribution in [0.2, 0.25) is 0 Å². The minimum atomic E-state index is -1.09. The van der Waals surface area contributed by atoms with E-state index < -0.39 is 18.1 Å². The normalized spacial score (nSPS) is 12.9. The van der Waals surface area contributed by atoms with Gasteiger partial charge in [-0.3, -0.25) is 5.41 Å². The fourth-order valence-electron chi connectivity index (χ4n) is 3.97. The summed E-state index contributed by atoms with van der Waals surface area (Å²) in [7, 11) is 0. The molecule has 170 valence electrons. The van der Waals surface area contributed by atoms with Crippen molar-refractivity contribution in [2.75, 3.05) is 19.7 Å². The van der Waals surface area contributed by atoms with E-state index in [1.165, 1.54) is 0 Å². The average Bonchev–Trinajstić information content (AvgIpc) is 3.10. The van der Waals surface area contributed by atoms with Crippen LogP contribution in [0.15, 0.2) is 48.5 Å². The van der Waals surface area contributed by atoms with Crippen LogP contribution >= 0.6 is 0 Å². The first-order valence-corrected chi connectivity index (χ1v) is 10.9. The molecule has 32 heavy (non-hydrogen) atoms. The van der Waals surface area contributed by atoms with E-state index in [0.29, 0.717) is 25.9 Å². The number of aliphatic carboxylic acids is 1. The second kappa shape index (κ2) is 11.2. The second-order valence-corrected chi connectivity index (χ2v) is 7.69. The van der Waals surface area contributed by atoms with Crippen LogP contribution in [0.5, 0.6) is 0 Å². The summed E-state index contributed by atoms with van der Waals surface area (Å²) >= 11 is 0. The van der Waals surface area contributed by atoms with Gasteiger partial charge in [0.25, 0.3) is 0 Å². The molecular formula is C24H30N4O4. The number of carbonyl (C=O) groups excluding carboxylic acids is 1. The summed E-state index contributed by atoms with van der Waals surface area (Å²) in [5.74, 6) is -0.916. The monoisotopic (exact) mass is 438 g/mol. The zero-order valence-electron chi connectivity index (χ0n) is 18.2. The van der Waals surface area contributed by atoms with Crippen LogP contribution in [0.1, 0.15) is 43.2 Å². The Hall–Kier alpha value is -3.55. The molecule has 0 radical (unpaired) electrons. The molecule has 0 aliphatic heterocycles. The molecule has 1 aliphatic rings. The van der Waals surface area contributed by atoms with Gasteiger partial charge in [0.05, 0.1) is 0 Å². The molecule has 8 heteroatoms. The quantitative estimate of drug-likeness (QED) is 0.220. The predicted molar refractivity (Wildman–Crippen MR) is 123 cm³/mol. The molecule has 8 nitrogen and oxygen atoms in total. The molecule has 5 N–H and O–H groups in total. The van der Waals surface area contributed by atoms with Gasteiger partial charge in [-0.05, 0) is 48.4 Å². The van der Waals surface area contributed by atoms with Crippen LogP contribution in [0.3, 0.4) is 0 Å². The minimum absolute atomic E-state index is 0.0745. The lowest BCUT2D eigenvalue weighted by atomic mass is 9.98. The zero-order valence-corrected chi connectivity index (χ0v) is 18.2. The Labute approximate surface area is 187 Å². The summed E-state index contributed by atoms with van der Waals surface area (Å²) in [5.41, 5.74) is 4.48. The third-order valence-corrected chi connectivity index (χ3v) is 5.51. The van der Waals surface area contributed by atoms with Gasteiger partial charge in [0.15, 0.2) is 5.96 Å². The van der Waals surface area contributed by atoms with Crippen LogP contribution in [0, 0.1) is 5.41 Å². The molecule has 1 amide bonds. The summed E-state index contributed by atoms with van der Waals surface area (Å²) < 4.78 is 5.44. The highest BCUT2D eigenvalue weighted by atomic mass is 16.5. The molecule has 0 saturated heterocycles. The molecule has 2 aromatic carbocycles. The molecule has 1 aliphatic carbocycles. The summed E-state index contributed by atoms with van der Waals surface area (Å²) in [6.45, 7) is 3.27. The van der Waals surface area contributed by atoms with Crippen molar-refractivity contribution in [2.45, 2.75) is 38.1 Å². The van der Waals surface area contributed by atoms with E-state index in [-0.39, 0.29) is 24.9 Å². The van der Waals surface area contributed by atoms with E-state index in [2.05, 4.69) is 28.1 Å². The van der Waals surface area contributed by atoms with Gasteiger partial charge in [-0.1, -0.05) is 48.5 Å². The molecule has 0 bridgehead atoms. The number of benzene rings is 2. The lowest BCUT2D eigenvalue weighted by Gasteiger charge is -2.17. The maximum atomic E-state index is 12.3. The number of fused-ring (bicyclic) bond motifs is 3. The molecule has 1 atom stereocenters. The highest BCUT2D eigenvalue weighted by Crippen LogP contribution is 2.44. The Balaban J connectivity index is 1.49. The number of hydrogen-bond acceptors (Lipinski definition) is 4. The van der Waals surface area contributed by atoms with Crippen LogP contribution < -0.4 is 16.0 Å². The summed E-state index contributed by atoms with van der Waals surface area (Å²) in [4.78, 5) is 23.9. The van der Waals surface area contributed by atoms with E-state index in [9.17, 15) is 14.7 Å². The molecule has 0 aromatic heterocycles. The van der Waals surface area contributed by atoms with Gasteiger partial charge < -0.3 is 25.8 Å².